The maximum absolute atomic E-state index is 11.4. The van der Waals surface area contributed by atoms with E-state index in [-0.39, 0.29) is 13.2 Å². The number of ether oxygens (including phenoxy) is 1. The maximum Gasteiger partial charge on any atom is 0.396 e. The van der Waals surface area contributed by atoms with Gasteiger partial charge in [-0.05, 0) is 19.1 Å². The topological polar surface area (TPSA) is 81.2 Å². The summed E-state index contributed by atoms with van der Waals surface area (Å²) < 4.78 is 4.59. The number of hydrogen-bond donors (Lipinski definition) is 1. The van der Waals surface area contributed by atoms with E-state index >= 15 is 0 Å². The summed E-state index contributed by atoms with van der Waals surface area (Å²) in [5.74, 6) is -1.63. The number of rotatable bonds is 4. The minimum absolute atomic E-state index is 0.176. The van der Waals surface area contributed by atoms with Crippen LogP contribution in [-0.4, -0.2) is 28.5 Å². The number of carbonyl (C=O) groups is 2. The van der Waals surface area contributed by atoms with E-state index in [1.807, 2.05) is 17.5 Å². The standard InChI is InChI=1S/C13H13N3O3S/c1-2-19-13(18)12(17)15-7-11-16-10(8-20-11)9-3-5-14-6-4-9/h3-6,8H,2,7H2,1H3,(H,15,17). The van der Waals surface area contributed by atoms with Crippen LogP contribution >= 0.6 is 11.3 Å². The summed E-state index contributed by atoms with van der Waals surface area (Å²) in [6, 6.07) is 3.71. The van der Waals surface area contributed by atoms with Gasteiger partial charge in [0, 0.05) is 23.3 Å². The Morgan fingerprint density at radius 1 is 1.35 bits per heavy atom. The molecule has 0 aromatic carbocycles. The van der Waals surface area contributed by atoms with Crippen LogP contribution in [0, 0.1) is 0 Å². The van der Waals surface area contributed by atoms with Crippen molar-refractivity contribution in [3.63, 3.8) is 0 Å². The van der Waals surface area contributed by atoms with E-state index in [4.69, 9.17) is 0 Å². The number of pyridine rings is 1. The van der Waals surface area contributed by atoms with E-state index in [1.54, 1.807) is 19.3 Å². The fourth-order valence-electron chi connectivity index (χ4n) is 1.47. The van der Waals surface area contributed by atoms with Crippen molar-refractivity contribution in [3.05, 3.63) is 34.9 Å². The van der Waals surface area contributed by atoms with Crippen LogP contribution in [0.4, 0.5) is 0 Å². The lowest BCUT2D eigenvalue weighted by Crippen LogP contribution is -2.32. The molecule has 2 aromatic heterocycles. The molecule has 0 saturated carbocycles. The highest BCUT2D eigenvalue weighted by Gasteiger charge is 2.14. The predicted octanol–water partition coefficient (Wildman–Crippen LogP) is 1.38. The average Bonchev–Trinajstić information content (AvgIpc) is 2.95. The van der Waals surface area contributed by atoms with Gasteiger partial charge in [-0.3, -0.25) is 9.78 Å². The van der Waals surface area contributed by atoms with Gasteiger partial charge in [-0.1, -0.05) is 0 Å². The molecular weight excluding hydrogens is 278 g/mol. The van der Waals surface area contributed by atoms with Gasteiger partial charge in [-0.25, -0.2) is 9.78 Å². The lowest BCUT2D eigenvalue weighted by atomic mass is 10.2. The smallest absolute Gasteiger partial charge is 0.396 e. The molecule has 0 aliphatic rings. The lowest BCUT2D eigenvalue weighted by Gasteiger charge is -2.02. The molecule has 20 heavy (non-hydrogen) atoms. The van der Waals surface area contributed by atoms with Gasteiger partial charge in [0.1, 0.15) is 5.01 Å². The Labute approximate surface area is 119 Å². The van der Waals surface area contributed by atoms with Gasteiger partial charge in [-0.15, -0.1) is 11.3 Å². The van der Waals surface area contributed by atoms with E-state index < -0.39 is 11.9 Å². The highest BCUT2D eigenvalue weighted by atomic mass is 32.1. The van der Waals surface area contributed by atoms with Crippen molar-refractivity contribution in [2.24, 2.45) is 0 Å². The van der Waals surface area contributed by atoms with Crippen LogP contribution in [0.15, 0.2) is 29.9 Å². The van der Waals surface area contributed by atoms with E-state index in [9.17, 15) is 9.59 Å². The molecule has 0 bridgehead atoms. The number of amides is 1. The molecule has 7 heteroatoms. The summed E-state index contributed by atoms with van der Waals surface area (Å²) >= 11 is 1.41. The molecule has 104 valence electrons. The monoisotopic (exact) mass is 291 g/mol. The first kappa shape index (κ1) is 14.1. The lowest BCUT2D eigenvalue weighted by molar-refractivity contribution is -0.154. The number of hydrogen-bond acceptors (Lipinski definition) is 6. The third-order valence-corrected chi connectivity index (χ3v) is 3.24. The SMILES string of the molecule is CCOC(=O)C(=O)NCc1nc(-c2ccncc2)cs1. The molecule has 0 fully saturated rings. The van der Waals surface area contributed by atoms with Crippen molar-refractivity contribution in [2.45, 2.75) is 13.5 Å². The first-order chi connectivity index (χ1) is 9.70. The van der Waals surface area contributed by atoms with E-state index in [0.29, 0.717) is 0 Å². The molecule has 6 nitrogen and oxygen atoms in total. The van der Waals surface area contributed by atoms with Crippen LogP contribution in [0.25, 0.3) is 11.3 Å². The van der Waals surface area contributed by atoms with Gasteiger partial charge < -0.3 is 10.1 Å². The molecule has 2 rings (SSSR count). The fourth-order valence-corrected chi connectivity index (χ4v) is 2.22. The van der Waals surface area contributed by atoms with Gasteiger partial charge in [0.15, 0.2) is 0 Å². The Balaban J connectivity index is 1.94. The van der Waals surface area contributed by atoms with Crippen LogP contribution in [-0.2, 0) is 20.9 Å². The largest absolute Gasteiger partial charge is 0.459 e. The second-order valence-corrected chi connectivity index (χ2v) is 4.71. The molecule has 1 amide bonds. The van der Waals surface area contributed by atoms with Crippen LogP contribution in [0.5, 0.6) is 0 Å². The fraction of sp³-hybridized carbons (Fsp3) is 0.231. The normalized spacial score (nSPS) is 10.1. The Morgan fingerprint density at radius 2 is 2.10 bits per heavy atom. The minimum atomic E-state index is -0.876. The summed E-state index contributed by atoms with van der Waals surface area (Å²) in [5.41, 5.74) is 1.78. The van der Waals surface area contributed by atoms with Crippen molar-refractivity contribution >= 4 is 23.2 Å². The first-order valence-electron chi connectivity index (χ1n) is 6.00. The zero-order chi connectivity index (χ0) is 14.4. The molecule has 0 saturated heterocycles. The highest BCUT2D eigenvalue weighted by molar-refractivity contribution is 7.09. The summed E-state index contributed by atoms with van der Waals surface area (Å²) in [4.78, 5) is 30.8. The second-order valence-electron chi connectivity index (χ2n) is 3.77. The molecule has 0 atom stereocenters. The molecule has 2 heterocycles. The van der Waals surface area contributed by atoms with Crippen LogP contribution in [0.3, 0.4) is 0 Å². The number of aromatic nitrogens is 2. The van der Waals surface area contributed by atoms with Crippen molar-refractivity contribution in [3.8, 4) is 11.3 Å². The van der Waals surface area contributed by atoms with Crippen LogP contribution in [0.2, 0.25) is 0 Å². The van der Waals surface area contributed by atoms with E-state index in [0.717, 1.165) is 16.3 Å². The highest BCUT2D eigenvalue weighted by Crippen LogP contribution is 2.20. The summed E-state index contributed by atoms with van der Waals surface area (Å²) in [6.45, 7) is 2.02. The van der Waals surface area contributed by atoms with Crippen LogP contribution in [0.1, 0.15) is 11.9 Å². The van der Waals surface area contributed by atoms with Gasteiger partial charge in [0.2, 0.25) is 0 Å². The van der Waals surface area contributed by atoms with Crippen LogP contribution < -0.4 is 5.32 Å². The third-order valence-electron chi connectivity index (χ3n) is 2.39. The molecule has 0 aliphatic heterocycles. The maximum atomic E-state index is 11.4. The minimum Gasteiger partial charge on any atom is -0.459 e. The molecule has 1 N–H and O–H groups in total. The molecule has 2 aromatic rings. The number of thiazole rings is 1. The quantitative estimate of drug-likeness (QED) is 0.680. The summed E-state index contributed by atoms with van der Waals surface area (Å²) in [6.07, 6.45) is 3.38. The van der Waals surface area contributed by atoms with Gasteiger partial charge in [0.05, 0.1) is 18.8 Å². The molecule has 0 unspecified atom stereocenters. The Morgan fingerprint density at radius 3 is 2.80 bits per heavy atom. The molecule has 0 aliphatic carbocycles. The van der Waals surface area contributed by atoms with Gasteiger partial charge in [0.25, 0.3) is 0 Å². The number of nitrogens with zero attached hydrogens (tertiary/aromatic N) is 2. The summed E-state index contributed by atoms with van der Waals surface area (Å²) in [5, 5.41) is 5.08. The van der Waals surface area contributed by atoms with Gasteiger partial charge >= 0.3 is 11.9 Å². The van der Waals surface area contributed by atoms with E-state index in [2.05, 4.69) is 20.0 Å². The van der Waals surface area contributed by atoms with E-state index in [1.165, 1.54) is 11.3 Å². The van der Waals surface area contributed by atoms with Crippen molar-refractivity contribution < 1.29 is 14.3 Å². The first-order valence-corrected chi connectivity index (χ1v) is 6.88. The third kappa shape index (κ3) is 3.61. The predicted molar refractivity (Wildman–Crippen MR) is 73.8 cm³/mol. The Hall–Kier alpha value is -2.28. The zero-order valence-electron chi connectivity index (χ0n) is 10.8. The number of esters is 1. The van der Waals surface area contributed by atoms with Crippen molar-refractivity contribution in [1.29, 1.82) is 0 Å². The van der Waals surface area contributed by atoms with Crippen molar-refractivity contribution in [1.82, 2.24) is 15.3 Å². The van der Waals surface area contributed by atoms with Crippen molar-refractivity contribution in [2.75, 3.05) is 6.61 Å². The number of carbonyl (C=O) groups excluding carboxylic acids is 2. The average molecular weight is 291 g/mol. The van der Waals surface area contributed by atoms with Gasteiger partial charge in [-0.2, -0.15) is 0 Å². The molecular formula is C13H13N3O3S. The molecule has 0 spiro atoms. The second kappa shape index (κ2) is 6.76. The summed E-state index contributed by atoms with van der Waals surface area (Å²) in [7, 11) is 0. The Kier molecular flexibility index (Phi) is 4.78. The molecule has 0 radical (unpaired) electrons. The zero-order valence-corrected chi connectivity index (χ0v) is 11.6. The number of nitrogens with one attached hydrogen (secondary N) is 1. The Bertz CT molecular complexity index is 598.